The molecule has 1 heterocycles. The van der Waals surface area contributed by atoms with Crippen LogP contribution in [-0.2, 0) is 24.3 Å². The van der Waals surface area contributed by atoms with Crippen LogP contribution in [0, 0.1) is 0 Å². The highest BCUT2D eigenvalue weighted by molar-refractivity contribution is 5.91. The van der Waals surface area contributed by atoms with Crippen LogP contribution in [0.15, 0.2) is 84.9 Å². The Morgan fingerprint density at radius 2 is 1.75 bits per heavy atom. The molecular formula is C27H27N3O2. The smallest absolute Gasteiger partial charge is 0.244 e. The number of carbonyl (C=O) groups is 1. The van der Waals surface area contributed by atoms with Crippen molar-refractivity contribution in [3.8, 4) is 5.75 Å². The minimum atomic E-state index is -0.152. The van der Waals surface area contributed by atoms with Crippen molar-refractivity contribution in [2.45, 2.75) is 26.4 Å². The summed E-state index contributed by atoms with van der Waals surface area (Å²) in [6, 6.07) is 26.1. The van der Waals surface area contributed by atoms with Gasteiger partial charge in [-0.05, 0) is 54.8 Å². The third kappa shape index (κ3) is 5.43. The van der Waals surface area contributed by atoms with Gasteiger partial charge in [-0.2, -0.15) is 0 Å². The fraction of sp³-hybridized carbons (Fsp3) is 0.185. The van der Waals surface area contributed by atoms with Crippen molar-refractivity contribution in [1.82, 2.24) is 14.9 Å². The zero-order valence-electron chi connectivity index (χ0n) is 18.2. The van der Waals surface area contributed by atoms with Crippen LogP contribution in [0.4, 0.5) is 0 Å². The largest absolute Gasteiger partial charge is 0.494 e. The van der Waals surface area contributed by atoms with E-state index in [0.29, 0.717) is 13.2 Å². The van der Waals surface area contributed by atoms with Gasteiger partial charge in [0.1, 0.15) is 11.6 Å². The van der Waals surface area contributed by atoms with E-state index in [0.717, 1.165) is 41.1 Å². The molecule has 4 rings (SSSR count). The molecule has 0 saturated carbocycles. The van der Waals surface area contributed by atoms with Crippen LogP contribution in [0.3, 0.4) is 0 Å². The number of imidazole rings is 1. The van der Waals surface area contributed by atoms with Gasteiger partial charge >= 0.3 is 0 Å². The summed E-state index contributed by atoms with van der Waals surface area (Å²) in [7, 11) is 0. The van der Waals surface area contributed by atoms with Crippen molar-refractivity contribution in [3.05, 3.63) is 102 Å². The lowest BCUT2D eigenvalue weighted by molar-refractivity contribution is -0.116. The maximum atomic E-state index is 12.4. The Labute approximate surface area is 188 Å². The molecule has 3 aromatic carbocycles. The molecule has 0 unspecified atom stereocenters. The fourth-order valence-electron chi connectivity index (χ4n) is 3.63. The standard InChI is InChI=1S/C27H27N3O2/c1-2-32-23-15-12-22(13-16-23)14-17-27(31)28-20-26-29-24-10-6-7-11-25(24)30(26)19-18-21-8-4-3-5-9-21/h3-17H,2,18-20H2,1H3,(H,28,31)/b17-14+. The summed E-state index contributed by atoms with van der Waals surface area (Å²) in [5.74, 6) is 1.52. The summed E-state index contributed by atoms with van der Waals surface area (Å²) in [5.41, 5.74) is 4.24. The second-order valence-electron chi connectivity index (χ2n) is 7.46. The Bertz CT molecular complexity index is 1190. The lowest BCUT2D eigenvalue weighted by Crippen LogP contribution is -2.23. The normalized spacial score (nSPS) is 11.2. The number of aryl methyl sites for hydroxylation is 2. The lowest BCUT2D eigenvalue weighted by atomic mass is 10.1. The van der Waals surface area contributed by atoms with E-state index in [-0.39, 0.29) is 5.91 Å². The van der Waals surface area contributed by atoms with Crippen LogP contribution >= 0.6 is 0 Å². The first kappa shape index (κ1) is 21.4. The summed E-state index contributed by atoms with van der Waals surface area (Å²) < 4.78 is 7.64. The molecule has 0 bridgehead atoms. The summed E-state index contributed by atoms with van der Waals surface area (Å²) in [5, 5.41) is 2.97. The molecule has 1 amide bonds. The molecule has 0 fully saturated rings. The molecule has 32 heavy (non-hydrogen) atoms. The number of hydrogen-bond donors (Lipinski definition) is 1. The van der Waals surface area contributed by atoms with Crippen molar-refractivity contribution in [2.75, 3.05) is 6.61 Å². The molecule has 0 radical (unpaired) electrons. The zero-order chi connectivity index (χ0) is 22.2. The summed E-state index contributed by atoms with van der Waals surface area (Å²) in [6.07, 6.45) is 4.25. The second-order valence-corrected chi connectivity index (χ2v) is 7.46. The fourth-order valence-corrected chi connectivity index (χ4v) is 3.63. The van der Waals surface area contributed by atoms with Crippen molar-refractivity contribution in [3.63, 3.8) is 0 Å². The first-order valence-electron chi connectivity index (χ1n) is 10.9. The maximum absolute atomic E-state index is 12.4. The Hall–Kier alpha value is -3.86. The van der Waals surface area contributed by atoms with E-state index in [9.17, 15) is 4.79 Å². The number of aromatic nitrogens is 2. The SMILES string of the molecule is CCOc1ccc(/C=C/C(=O)NCc2nc3ccccc3n2CCc2ccccc2)cc1. The van der Waals surface area contributed by atoms with Gasteiger partial charge in [-0.25, -0.2) is 4.98 Å². The number of ether oxygens (including phenoxy) is 1. The van der Waals surface area contributed by atoms with E-state index in [4.69, 9.17) is 9.72 Å². The zero-order valence-corrected chi connectivity index (χ0v) is 18.2. The van der Waals surface area contributed by atoms with Crippen LogP contribution < -0.4 is 10.1 Å². The highest BCUT2D eigenvalue weighted by atomic mass is 16.5. The van der Waals surface area contributed by atoms with Crippen LogP contribution in [0.1, 0.15) is 23.9 Å². The molecule has 0 aliphatic rings. The van der Waals surface area contributed by atoms with Gasteiger partial charge < -0.3 is 14.6 Å². The van der Waals surface area contributed by atoms with E-state index < -0.39 is 0 Å². The van der Waals surface area contributed by atoms with Gasteiger partial charge in [0.15, 0.2) is 0 Å². The molecule has 0 aliphatic carbocycles. The molecule has 1 N–H and O–H groups in total. The average molecular weight is 426 g/mol. The molecule has 0 aliphatic heterocycles. The number of nitrogens with one attached hydrogen (secondary N) is 1. The quantitative estimate of drug-likeness (QED) is 0.384. The van der Waals surface area contributed by atoms with Crippen molar-refractivity contribution >= 4 is 23.0 Å². The van der Waals surface area contributed by atoms with Gasteiger partial charge in [-0.3, -0.25) is 4.79 Å². The maximum Gasteiger partial charge on any atom is 0.244 e. The summed E-state index contributed by atoms with van der Waals surface area (Å²) in [4.78, 5) is 17.2. The monoisotopic (exact) mass is 425 g/mol. The number of hydrogen-bond acceptors (Lipinski definition) is 3. The minimum Gasteiger partial charge on any atom is -0.494 e. The number of carbonyl (C=O) groups excluding carboxylic acids is 1. The summed E-state index contributed by atoms with van der Waals surface area (Å²) >= 11 is 0. The predicted molar refractivity (Wildman–Crippen MR) is 128 cm³/mol. The number of para-hydroxylation sites is 2. The van der Waals surface area contributed by atoms with Crippen LogP contribution in [0.2, 0.25) is 0 Å². The van der Waals surface area contributed by atoms with Gasteiger partial charge in [0.25, 0.3) is 0 Å². The molecule has 1 aromatic heterocycles. The van der Waals surface area contributed by atoms with Gasteiger partial charge in [0.05, 0.1) is 24.2 Å². The van der Waals surface area contributed by atoms with E-state index in [2.05, 4.69) is 40.2 Å². The molecule has 4 aromatic rings. The van der Waals surface area contributed by atoms with Crippen LogP contribution in [0.5, 0.6) is 5.75 Å². The Kier molecular flexibility index (Phi) is 6.98. The molecule has 0 atom stereocenters. The van der Waals surface area contributed by atoms with Crippen LogP contribution in [-0.4, -0.2) is 22.1 Å². The van der Waals surface area contributed by atoms with Gasteiger partial charge in [-0.1, -0.05) is 54.6 Å². The molecule has 5 nitrogen and oxygen atoms in total. The highest BCUT2D eigenvalue weighted by Gasteiger charge is 2.11. The Morgan fingerprint density at radius 3 is 2.53 bits per heavy atom. The number of rotatable bonds is 9. The Morgan fingerprint density at radius 1 is 1.00 bits per heavy atom. The predicted octanol–water partition coefficient (Wildman–Crippen LogP) is 5.01. The average Bonchev–Trinajstić information content (AvgIpc) is 3.19. The molecule has 162 valence electrons. The van der Waals surface area contributed by atoms with E-state index >= 15 is 0 Å². The van der Waals surface area contributed by atoms with E-state index in [1.54, 1.807) is 12.2 Å². The first-order chi connectivity index (χ1) is 15.7. The summed E-state index contributed by atoms with van der Waals surface area (Å²) in [6.45, 7) is 3.76. The van der Waals surface area contributed by atoms with Gasteiger partial charge in [0, 0.05) is 12.6 Å². The second kappa shape index (κ2) is 10.4. The third-order valence-electron chi connectivity index (χ3n) is 5.24. The number of amides is 1. The number of nitrogens with zero attached hydrogens (tertiary/aromatic N) is 2. The molecule has 5 heteroatoms. The minimum absolute atomic E-state index is 0.152. The Balaban J connectivity index is 1.42. The van der Waals surface area contributed by atoms with Crippen molar-refractivity contribution in [2.24, 2.45) is 0 Å². The van der Waals surface area contributed by atoms with Crippen molar-refractivity contribution in [1.29, 1.82) is 0 Å². The number of benzene rings is 3. The van der Waals surface area contributed by atoms with Gasteiger partial charge in [-0.15, -0.1) is 0 Å². The van der Waals surface area contributed by atoms with Crippen LogP contribution in [0.25, 0.3) is 17.1 Å². The lowest BCUT2D eigenvalue weighted by Gasteiger charge is -2.10. The van der Waals surface area contributed by atoms with E-state index in [1.807, 2.05) is 55.5 Å². The van der Waals surface area contributed by atoms with E-state index in [1.165, 1.54) is 5.56 Å². The highest BCUT2D eigenvalue weighted by Crippen LogP contribution is 2.17. The van der Waals surface area contributed by atoms with Gasteiger partial charge in [0.2, 0.25) is 5.91 Å². The third-order valence-corrected chi connectivity index (χ3v) is 5.24. The first-order valence-corrected chi connectivity index (χ1v) is 10.9. The molecular weight excluding hydrogens is 398 g/mol. The molecule has 0 spiro atoms. The topological polar surface area (TPSA) is 56.1 Å². The number of fused-ring (bicyclic) bond motifs is 1. The van der Waals surface area contributed by atoms with Crippen molar-refractivity contribution < 1.29 is 9.53 Å². The molecule has 0 saturated heterocycles.